The zero-order valence-electron chi connectivity index (χ0n) is 10.5. The molecule has 106 valence electrons. The van der Waals surface area contributed by atoms with E-state index in [1.54, 1.807) is 19.2 Å². The van der Waals surface area contributed by atoms with Gasteiger partial charge in [-0.25, -0.2) is 13.1 Å². The number of hydrogen-bond donors (Lipinski definition) is 1. The Balaban J connectivity index is 2.88. The summed E-state index contributed by atoms with van der Waals surface area (Å²) >= 11 is 6.40. The second-order valence-electron chi connectivity index (χ2n) is 3.81. The van der Waals surface area contributed by atoms with Crippen LogP contribution in [0, 0.1) is 0 Å². The van der Waals surface area contributed by atoms with E-state index < -0.39 is 10.0 Å². The standard InChI is InChI=1S/C11H14Br2N2O3S/c1-3-15(2)11(16)7-14-19(17,18)10-6-8(12)4-5-9(10)13/h4-6,14H,3,7H2,1-2H3. The first-order valence-corrected chi connectivity index (χ1v) is 8.53. The van der Waals surface area contributed by atoms with Crippen molar-refractivity contribution < 1.29 is 13.2 Å². The highest BCUT2D eigenvalue weighted by Crippen LogP contribution is 2.25. The maximum Gasteiger partial charge on any atom is 0.242 e. The summed E-state index contributed by atoms with van der Waals surface area (Å²) in [4.78, 5) is 13.1. The average Bonchev–Trinajstić information content (AvgIpc) is 2.37. The zero-order chi connectivity index (χ0) is 14.6. The quantitative estimate of drug-likeness (QED) is 0.802. The number of likely N-dealkylation sites (N-methyl/N-ethyl adjacent to an activating group) is 1. The molecular weight excluding hydrogens is 400 g/mol. The number of benzene rings is 1. The van der Waals surface area contributed by atoms with E-state index in [0.717, 1.165) is 0 Å². The first-order chi connectivity index (χ1) is 8.77. The number of carbonyl (C=O) groups excluding carboxylic acids is 1. The smallest absolute Gasteiger partial charge is 0.242 e. The molecule has 0 aliphatic rings. The fraction of sp³-hybridized carbons (Fsp3) is 0.364. The van der Waals surface area contributed by atoms with E-state index in [0.29, 0.717) is 15.5 Å². The van der Waals surface area contributed by atoms with E-state index in [4.69, 9.17) is 0 Å². The van der Waals surface area contributed by atoms with E-state index >= 15 is 0 Å². The van der Waals surface area contributed by atoms with Gasteiger partial charge in [-0.15, -0.1) is 0 Å². The molecule has 5 nitrogen and oxygen atoms in total. The van der Waals surface area contributed by atoms with Gasteiger partial charge >= 0.3 is 0 Å². The van der Waals surface area contributed by atoms with E-state index in [2.05, 4.69) is 36.6 Å². The lowest BCUT2D eigenvalue weighted by atomic mass is 10.4. The Hall–Kier alpha value is -0.440. The number of nitrogens with one attached hydrogen (secondary N) is 1. The van der Waals surface area contributed by atoms with Crippen molar-refractivity contribution in [3.05, 3.63) is 27.1 Å². The molecule has 0 radical (unpaired) electrons. The first kappa shape index (κ1) is 16.6. The van der Waals surface area contributed by atoms with Gasteiger partial charge in [0.15, 0.2) is 0 Å². The van der Waals surface area contributed by atoms with Gasteiger partial charge < -0.3 is 4.90 Å². The Morgan fingerprint density at radius 2 is 2.00 bits per heavy atom. The molecule has 0 aromatic heterocycles. The molecule has 1 N–H and O–H groups in total. The van der Waals surface area contributed by atoms with Crippen LogP contribution in [0.4, 0.5) is 0 Å². The lowest BCUT2D eigenvalue weighted by molar-refractivity contribution is -0.128. The molecule has 0 aliphatic carbocycles. The molecule has 0 aliphatic heterocycles. The molecule has 1 amide bonds. The molecule has 0 saturated carbocycles. The van der Waals surface area contributed by atoms with Gasteiger partial charge in [-0.05, 0) is 41.1 Å². The number of rotatable bonds is 5. The van der Waals surface area contributed by atoms with Gasteiger partial charge in [0.05, 0.1) is 11.4 Å². The van der Waals surface area contributed by atoms with Gasteiger partial charge in [0.2, 0.25) is 15.9 Å². The van der Waals surface area contributed by atoms with E-state index in [1.165, 1.54) is 11.0 Å². The Labute approximate surface area is 129 Å². The molecule has 1 rings (SSSR count). The minimum atomic E-state index is -3.72. The van der Waals surface area contributed by atoms with Crippen LogP contribution >= 0.6 is 31.9 Å². The summed E-state index contributed by atoms with van der Waals surface area (Å²) in [6, 6.07) is 4.82. The normalized spacial score (nSPS) is 11.4. The average molecular weight is 414 g/mol. The van der Waals surface area contributed by atoms with Crippen LogP contribution < -0.4 is 4.72 Å². The van der Waals surface area contributed by atoms with Gasteiger partial charge in [0.1, 0.15) is 0 Å². The van der Waals surface area contributed by atoms with Crippen molar-refractivity contribution in [2.24, 2.45) is 0 Å². The Kier molecular flexibility index (Phi) is 5.97. The summed E-state index contributed by atoms with van der Waals surface area (Å²) in [5, 5.41) is 0. The molecule has 19 heavy (non-hydrogen) atoms. The third-order valence-corrected chi connectivity index (χ3v) is 5.38. The second-order valence-corrected chi connectivity index (χ2v) is 7.31. The Morgan fingerprint density at radius 3 is 2.58 bits per heavy atom. The topological polar surface area (TPSA) is 66.5 Å². The van der Waals surface area contributed by atoms with Crippen LogP contribution in [-0.2, 0) is 14.8 Å². The van der Waals surface area contributed by atoms with Crippen LogP contribution in [0.15, 0.2) is 32.0 Å². The number of hydrogen-bond acceptors (Lipinski definition) is 3. The van der Waals surface area contributed by atoms with Crippen LogP contribution in [0.5, 0.6) is 0 Å². The van der Waals surface area contributed by atoms with Gasteiger partial charge in [0, 0.05) is 22.5 Å². The second kappa shape index (κ2) is 6.83. The molecular formula is C11H14Br2N2O3S. The highest BCUT2D eigenvalue weighted by molar-refractivity contribution is 9.11. The van der Waals surface area contributed by atoms with Gasteiger partial charge in [0.25, 0.3) is 0 Å². The molecule has 1 aromatic carbocycles. The number of nitrogens with zero attached hydrogens (tertiary/aromatic N) is 1. The van der Waals surface area contributed by atoms with Gasteiger partial charge in [-0.1, -0.05) is 15.9 Å². The molecule has 0 atom stereocenters. The minimum absolute atomic E-state index is 0.0915. The van der Waals surface area contributed by atoms with Crippen molar-refractivity contribution in [1.82, 2.24) is 9.62 Å². The molecule has 8 heteroatoms. The largest absolute Gasteiger partial charge is 0.345 e. The zero-order valence-corrected chi connectivity index (χ0v) is 14.5. The molecule has 0 bridgehead atoms. The van der Waals surface area contributed by atoms with Crippen LogP contribution in [0.3, 0.4) is 0 Å². The highest BCUT2D eigenvalue weighted by Gasteiger charge is 2.19. The van der Waals surface area contributed by atoms with Crippen LogP contribution in [0.2, 0.25) is 0 Å². The fourth-order valence-electron chi connectivity index (χ4n) is 1.23. The lowest BCUT2D eigenvalue weighted by Crippen LogP contribution is -2.38. The maximum absolute atomic E-state index is 12.1. The van der Waals surface area contributed by atoms with E-state index in [1.807, 2.05) is 6.92 Å². The monoisotopic (exact) mass is 412 g/mol. The predicted octanol–water partition coefficient (Wildman–Crippen LogP) is 1.97. The fourth-order valence-corrected chi connectivity index (χ4v) is 3.70. The van der Waals surface area contributed by atoms with Crippen molar-refractivity contribution in [2.75, 3.05) is 20.1 Å². The van der Waals surface area contributed by atoms with Crippen molar-refractivity contribution in [3.8, 4) is 0 Å². The number of amides is 1. The number of sulfonamides is 1. The number of carbonyl (C=O) groups is 1. The van der Waals surface area contributed by atoms with E-state index in [9.17, 15) is 13.2 Å². The van der Waals surface area contributed by atoms with Crippen molar-refractivity contribution in [3.63, 3.8) is 0 Å². The van der Waals surface area contributed by atoms with Crippen molar-refractivity contribution in [1.29, 1.82) is 0 Å². The molecule has 0 heterocycles. The summed E-state index contributed by atoms with van der Waals surface area (Å²) in [6.07, 6.45) is 0. The SMILES string of the molecule is CCN(C)C(=O)CNS(=O)(=O)c1cc(Br)ccc1Br. The summed E-state index contributed by atoms with van der Waals surface area (Å²) in [5.41, 5.74) is 0. The van der Waals surface area contributed by atoms with E-state index in [-0.39, 0.29) is 17.3 Å². The van der Waals surface area contributed by atoms with Crippen LogP contribution in [-0.4, -0.2) is 39.4 Å². The maximum atomic E-state index is 12.1. The van der Waals surface area contributed by atoms with Crippen molar-refractivity contribution >= 4 is 47.8 Å². The third-order valence-electron chi connectivity index (χ3n) is 2.50. The summed E-state index contributed by atoms with van der Waals surface area (Å²) in [6.45, 7) is 2.09. The van der Waals surface area contributed by atoms with Crippen molar-refractivity contribution in [2.45, 2.75) is 11.8 Å². The highest BCUT2D eigenvalue weighted by atomic mass is 79.9. The molecule has 0 unspecified atom stereocenters. The minimum Gasteiger partial charge on any atom is -0.345 e. The number of halogens is 2. The first-order valence-electron chi connectivity index (χ1n) is 5.46. The lowest BCUT2D eigenvalue weighted by Gasteiger charge is -2.15. The molecule has 1 aromatic rings. The molecule has 0 saturated heterocycles. The van der Waals surface area contributed by atoms with Gasteiger partial charge in [-0.2, -0.15) is 0 Å². The molecule has 0 spiro atoms. The summed E-state index contributed by atoms with van der Waals surface area (Å²) in [5.74, 6) is -0.280. The van der Waals surface area contributed by atoms with Crippen LogP contribution in [0.25, 0.3) is 0 Å². The summed E-state index contributed by atoms with van der Waals surface area (Å²) < 4.78 is 27.6. The molecule has 0 fully saturated rings. The van der Waals surface area contributed by atoms with Crippen LogP contribution in [0.1, 0.15) is 6.92 Å². The Bertz CT molecular complexity index is 575. The predicted molar refractivity (Wildman–Crippen MR) is 80.3 cm³/mol. The summed E-state index contributed by atoms with van der Waals surface area (Å²) in [7, 11) is -2.11. The Morgan fingerprint density at radius 1 is 1.37 bits per heavy atom. The third kappa shape index (κ3) is 4.55. The van der Waals surface area contributed by atoms with Gasteiger partial charge in [-0.3, -0.25) is 4.79 Å².